The van der Waals surface area contributed by atoms with E-state index in [1.54, 1.807) is 6.08 Å². The van der Waals surface area contributed by atoms with Crippen molar-refractivity contribution in [1.29, 1.82) is 0 Å². The van der Waals surface area contributed by atoms with E-state index in [9.17, 15) is 0 Å². The highest BCUT2D eigenvalue weighted by molar-refractivity contribution is 6.54. The lowest BCUT2D eigenvalue weighted by atomic mass is 9.63. The number of allylic oxidation sites excluding steroid dienone is 7. The lowest BCUT2D eigenvalue weighted by Gasteiger charge is -1.98. The van der Waals surface area contributed by atoms with Gasteiger partial charge in [0.15, 0.2) is 7.28 Å². The maximum absolute atomic E-state index is 3.67. The van der Waals surface area contributed by atoms with E-state index in [1.807, 2.05) is 26.0 Å². The molecule has 0 aliphatic heterocycles. The molecule has 0 aliphatic carbocycles. The third-order valence-electron chi connectivity index (χ3n) is 1.52. The largest absolute Gasteiger partial charge is 0.184 e. The van der Waals surface area contributed by atoms with Crippen LogP contribution in [-0.2, 0) is 0 Å². The first kappa shape index (κ1) is 11.0. The van der Waals surface area contributed by atoms with E-state index in [4.69, 9.17) is 0 Å². The molecule has 1 heteroatoms. The van der Waals surface area contributed by atoms with Crippen LogP contribution in [0.4, 0.5) is 0 Å². The third-order valence-corrected chi connectivity index (χ3v) is 1.52. The summed E-state index contributed by atoms with van der Waals surface area (Å²) in [4.78, 5) is 0. The van der Waals surface area contributed by atoms with Crippen molar-refractivity contribution in [2.24, 2.45) is 0 Å². The summed E-state index contributed by atoms with van der Waals surface area (Å²) in [6.45, 7) is 9.79. The normalized spacial score (nSPS) is 13.6. The fourth-order valence-corrected chi connectivity index (χ4v) is 0.827. The van der Waals surface area contributed by atoms with Crippen LogP contribution in [0, 0.1) is 0 Å². The van der Waals surface area contributed by atoms with Crippen LogP contribution in [0.2, 0.25) is 0 Å². The maximum atomic E-state index is 3.67. The monoisotopic (exact) mass is 159 g/mol. The molecule has 0 unspecified atom stereocenters. The second kappa shape index (κ2) is 6.72. The van der Waals surface area contributed by atoms with Gasteiger partial charge in [0.1, 0.15) is 0 Å². The molecule has 63 valence electrons. The average Bonchev–Trinajstić information content (AvgIpc) is 2.05. The fraction of sp³-hybridized carbons (Fsp3) is 0.273. The molecule has 0 aromatic rings. The Labute approximate surface area is 76.6 Å². The Balaban J connectivity index is 4.34. The van der Waals surface area contributed by atoms with Crippen molar-refractivity contribution in [3.8, 4) is 0 Å². The maximum Gasteiger partial charge on any atom is 0.184 e. The van der Waals surface area contributed by atoms with Crippen LogP contribution in [0.25, 0.3) is 0 Å². The first-order valence-corrected chi connectivity index (χ1v) is 4.17. The Hall–Kier alpha value is -0.975. The zero-order valence-electron chi connectivity index (χ0n) is 8.17. The number of hydrogen-bond acceptors (Lipinski definition) is 0. The molecule has 0 fully saturated rings. The van der Waals surface area contributed by atoms with Gasteiger partial charge in [-0.25, -0.2) is 0 Å². The van der Waals surface area contributed by atoms with Gasteiger partial charge >= 0.3 is 0 Å². The Morgan fingerprint density at radius 2 is 2.00 bits per heavy atom. The van der Waals surface area contributed by atoms with Crippen LogP contribution in [-0.4, -0.2) is 7.28 Å². The summed E-state index contributed by atoms with van der Waals surface area (Å²) in [7, 11) is 2.13. The van der Waals surface area contributed by atoms with Crippen molar-refractivity contribution in [2.45, 2.75) is 20.8 Å². The Morgan fingerprint density at radius 1 is 1.33 bits per heavy atom. The molecular weight excluding hydrogens is 143 g/mol. The molecule has 0 amide bonds. The lowest BCUT2D eigenvalue weighted by molar-refractivity contribution is 1.56. The van der Waals surface area contributed by atoms with E-state index < -0.39 is 0 Å². The first-order chi connectivity index (χ1) is 5.74. The van der Waals surface area contributed by atoms with Crippen LogP contribution in [0.1, 0.15) is 20.8 Å². The van der Waals surface area contributed by atoms with Gasteiger partial charge in [-0.2, -0.15) is 0 Å². The van der Waals surface area contributed by atoms with Crippen LogP contribution >= 0.6 is 0 Å². The molecular formula is C11H16B. The molecule has 1 radical (unpaired) electrons. The van der Waals surface area contributed by atoms with Gasteiger partial charge in [-0.1, -0.05) is 49.4 Å². The fourth-order valence-electron chi connectivity index (χ4n) is 0.827. The highest BCUT2D eigenvalue weighted by Crippen LogP contribution is 2.01. The van der Waals surface area contributed by atoms with Gasteiger partial charge in [0.05, 0.1) is 0 Å². The molecule has 0 bridgehead atoms. The summed E-state index contributed by atoms with van der Waals surface area (Å²) in [5.74, 6) is 0. The Bertz CT molecular complexity index is 219. The van der Waals surface area contributed by atoms with Crippen molar-refractivity contribution in [2.75, 3.05) is 0 Å². The molecule has 0 aromatic carbocycles. The highest BCUT2D eigenvalue weighted by atomic mass is 13.8. The molecule has 0 saturated carbocycles. The summed E-state index contributed by atoms with van der Waals surface area (Å²) < 4.78 is 0. The van der Waals surface area contributed by atoms with Crippen LogP contribution in [0.3, 0.4) is 0 Å². The van der Waals surface area contributed by atoms with Crippen molar-refractivity contribution in [3.63, 3.8) is 0 Å². The van der Waals surface area contributed by atoms with Gasteiger partial charge in [-0.15, -0.1) is 5.47 Å². The van der Waals surface area contributed by atoms with Gasteiger partial charge in [0.2, 0.25) is 0 Å². The lowest BCUT2D eigenvalue weighted by Crippen LogP contribution is -1.95. The molecule has 0 heterocycles. The van der Waals surface area contributed by atoms with E-state index in [0.717, 1.165) is 0 Å². The highest BCUT2D eigenvalue weighted by Gasteiger charge is 1.94. The first-order valence-electron chi connectivity index (χ1n) is 4.17. The quantitative estimate of drug-likeness (QED) is 0.436. The summed E-state index contributed by atoms with van der Waals surface area (Å²) in [6.07, 6.45) is 9.96. The molecule has 12 heavy (non-hydrogen) atoms. The predicted octanol–water partition coefficient (Wildman–Crippen LogP) is 3.26. The number of rotatable bonds is 4. The SMILES string of the molecule is C=C/C=C([B]/C(C)=C/C)\C=C/C. The molecule has 0 N–H and O–H groups in total. The summed E-state index contributed by atoms with van der Waals surface area (Å²) in [5.41, 5.74) is 2.45. The number of hydrogen-bond donors (Lipinski definition) is 0. The standard InChI is InChI=1S/C11H16B/c1-5-8-11(9-6-2)12-10(4)7-3/h5-9H,1H2,2-4H3/b9-6-,10-7+,11-8+. The van der Waals surface area contributed by atoms with Gasteiger partial charge in [-0.3, -0.25) is 0 Å². The van der Waals surface area contributed by atoms with Crippen molar-refractivity contribution < 1.29 is 0 Å². The van der Waals surface area contributed by atoms with E-state index in [-0.39, 0.29) is 0 Å². The Kier molecular flexibility index (Phi) is 6.17. The predicted molar refractivity (Wildman–Crippen MR) is 58.3 cm³/mol. The molecule has 0 nitrogen and oxygen atoms in total. The minimum absolute atomic E-state index is 1.18. The van der Waals surface area contributed by atoms with Crippen molar-refractivity contribution in [1.82, 2.24) is 0 Å². The summed E-state index contributed by atoms with van der Waals surface area (Å²) in [5, 5.41) is 0. The minimum atomic E-state index is 1.18. The molecule has 0 saturated heterocycles. The average molecular weight is 159 g/mol. The van der Waals surface area contributed by atoms with E-state index in [0.29, 0.717) is 0 Å². The van der Waals surface area contributed by atoms with E-state index in [1.165, 1.54) is 10.9 Å². The molecule has 0 rings (SSSR count). The smallest absolute Gasteiger partial charge is 0.110 e. The molecule has 0 spiro atoms. The third kappa shape index (κ3) is 4.78. The van der Waals surface area contributed by atoms with Gasteiger partial charge < -0.3 is 0 Å². The molecule has 0 aliphatic rings. The molecule has 0 aromatic heterocycles. The Morgan fingerprint density at radius 3 is 2.42 bits per heavy atom. The zero-order chi connectivity index (χ0) is 9.40. The van der Waals surface area contributed by atoms with E-state index >= 15 is 0 Å². The zero-order valence-corrected chi connectivity index (χ0v) is 8.17. The van der Waals surface area contributed by atoms with E-state index in [2.05, 4.69) is 32.9 Å². The van der Waals surface area contributed by atoms with Crippen molar-refractivity contribution >= 4 is 7.28 Å². The minimum Gasteiger partial charge on any atom is -0.110 e. The topological polar surface area (TPSA) is 0 Å². The second-order valence-corrected chi connectivity index (χ2v) is 2.58. The summed E-state index contributed by atoms with van der Waals surface area (Å²) in [6, 6.07) is 0. The van der Waals surface area contributed by atoms with Gasteiger partial charge in [0, 0.05) is 0 Å². The summed E-state index contributed by atoms with van der Waals surface area (Å²) >= 11 is 0. The van der Waals surface area contributed by atoms with Gasteiger partial charge in [0.25, 0.3) is 0 Å². The van der Waals surface area contributed by atoms with Gasteiger partial charge in [-0.05, 0) is 13.8 Å². The second-order valence-electron chi connectivity index (χ2n) is 2.58. The van der Waals surface area contributed by atoms with Crippen LogP contribution in [0.5, 0.6) is 0 Å². The van der Waals surface area contributed by atoms with Crippen molar-refractivity contribution in [3.05, 3.63) is 47.9 Å². The van der Waals surface area contributed by atoms with Crippen LogP contribution < -0.4 is 0 Å². The molecule has 0 atom stereocenters. The van der Waals surface area contributed by atoms with Crippen LogP contribution in [0.15, 0.2) is 47.9 Å².